The van der Waals surface area contributed by atoms with Gasteiger partial charge in [-0.05, 0) is 37.7 Å². The maximum absolute atomic E-state index is 12.0. The number of rotatable bonds is 6. The van der Waals surface area contributed by atoms with Gasteiger partial charge >= 0.3 is 5.97 Å². The van der Waals surface area contributed by atoms with Crippen molar-refractivity contribution in [3.8, 4) is 0 Å². The van der Waals surface area contributed by atoms with Crippen molar-refractivity contribution in [1.82, 2.24) is 10.0 Å². The van der Waals surface area contributed by atoms with Gasteiger partial charge < -0.3 is 10.1 Å². The van der Waals surface area contributed by atoms with Crippen molar-refractivity contribution in [1.29, 1.82) is 0 Å². The van der Waals surface area contributed by atoms with Crippen molar-refractivity contribution >= 4 is 28.4 Å². The van der Waals surface area contributed by atoms with E-state index in [2.05, 4.69) is 14.8 Å². The van der Waals surface area contributed by atoms with Gasteiger partial charge in [-0.15, -0.1) is 12.4 Å². The van der Waals surface area contributed by atoms with Crippen molar-refractivity contribution in [2.45, 2.75) is 11.8 Å². The Morgan fingerprint density at radius 3 is 2.45 bits per heavy atom. The molecule has 1 rings (SSSR count). The molecule has 0 aliphatic rings. The molecule has 0 radical (unpaired) electrons. The second-order valence-electron chi connectivity index (χ2n) is 3.97. The Morgan fingerprint density at radius 1 is 1.30 bits per heavy atom. The fraction of sp³-hybridized carbons (Fsp3) is 0.417. The van der Waals surface area contributed by atoms with Crippen LogP contribution in [-0.2, 0) is 14.8 Å². The van der Waals surface area contributed by atoms with Crippen LogP contribution in [0.2, 0.25) is 0 Å². The number of carbonyl (C=O) groups is 1. The zero-order chi connectivity index (χ0) is 14.5. The number of ether oxygens (including phenoxy) is 1. The number of aryl methyl sites for hydroxylation is 1. The van der Waals surface area contributed by atoms with Crippen molar-refractivity contribution < 1.29 is 17.9 Å². The van der Waals surface area contributed by atoms with Crippen LogP contribution in [0.4, 0.5) is 0 Å². The van der Waals surface area contributed by atoms with E-state index in [1.807, 2.05) is 0 Å². The third-order valence-electron chi connectivity index (χ3n) is 2.58. The summed E-state index contributed by atoms with van der Waals surface area (Å²) in [5, 5.41) is 2.85. The van der Waals surface area contributed by atoms with E-state index in [1.54, 1.807) is 14.0 Å². The topological polar surface area (TPSA) is 84.5 Å². The third kappa shape index (κ3) is 4.75. The summed E-state index contributed by atoms with van der Waals surface area (Å²) in [6, 6.07) is 4.29. The highest BCUT2D eigenvalue weighted by atomic mass is 35.5. The molecule has 114 valence electrons. The number of benzene rings is 1. The molecular weight excluding hydrogens is 304 g/mol. The number of hydrogen-bond donors (Lipinski definition) is 2. The molecule has 0 spiro atoms. The lowest BCUT2D eigenvalue weighted by molar-refractivity contribution is 0.0600. The summed E-state index contributed by atoms with van der Waals surface area (Å²) in [5.74, 6) is -0.482. The molecule has 0 amide bonds. The Labute approximate surface area is 125 Å². The number of halogens is 1. The van der Waals surface area contributed by atoms with Crippen LogP contribution < -0.4 is 10.0 Å². The number of hydrogen-bond acceptors (Lipinski definition) is 5. The van der Waals surface area contributed by atoms with Gasteiger partial charge in [0, 0.05) is 13.1 Å². The monoisotopic (exact) mass is 322 g/mol. The zero-order valence-corrected chi connectivity index (χ0v) is 13.2. The van der Waals surface area contributed by atoms with Gasteiger partial charge in [0.25, 0.3) is 0 Å². The predicted molar refractivity (Wildman–Crippen MR) is 78.9 cm³/mol. The van der Waals surface area contributed by atoms with Crippen molar-refractivity contribution in [3.63, 3.8) is 0 Å². The van der Waals surface area contributed by atoms with Crippen molar-refractivity contribution in [3.05, 3.63) is 29.3 Å². The van der Waals surface area contributed by atoms with E-state index in [9.17, 15) is 13.2 Å². The van der Waals surface area contributed by atoms with E-state index in [0.717, 1.165) is 0 Å². The summed E-state index contributed by atoms with van der Waals surface area (Å²) in [6.45, 7) is 2.51. The second-order valence-corrected chi connectivity index (χ2v) is 5.74. The molecule has 0 saturated carbocycles. The maximum atomic E-state index is 12.0. The van der Waals surface area contributed by atoms with E-state index in [-0.39, 0.29) is 17.3 Å². The minimum Gasteiger partial charge on any atom is -0.465 e. The maximum Gasteiger partial charge on any atom is 0.338 e. The molecule has 0 heterocycles. The average molecular weight is 323 g/mol. The number of nitrogens with one attached hydrogen (secondary N) is 2. The number of sulfonamides is 1. The predicted octanol–water partition coefficient (Wildman–Crippen LogP) is 0.701. The molecule has 2 N–H and O–H groups in total. The fourth-order valence-electron chi connectivity index (χ4n) is 1.54. The molecule has 6 nitrogen and oxygen atoms in total. The zero-order valence-electron chi connectivity index (χ0n) is 11.6. The van der Waals surface area contributed by atoms with Crippen LogP contribution >= 0.6 is 12.4 Å². The molecule has 0 atom stereocenters. The minimum absolute atomic E-state index is 0. The van der Waals surface area contributed by atoms with E-state index in [0.29, 0.717) is 24.2 Å². The van der Waals surface area contributed by atoms with Gasteiger partial charge in [0.05, 0.1) is 17.6 Å². The smallest absolute Gasteiger partial charge is 0.338 e. The Balaban J connectivity index is 0.00000361. The Morgan fingerprint density at radius 2 is 1.95 bits per heavy atom. The fourth-order valence-corrected chi connectivity index (χ4v) is 2.65. The molecule has 0 fully saturated rings. The highest BCUT2D eigenvalue weighted by Gasteiger charge is 2.16. The summed E-state index contributed by atoms with van der Waals surface area (Å²) in [6.07, 6.45) is 0. The van der Waals surface area contributed by atoms with Crippen LogP contribution in [0.5, 0.6) is 0 Å². The Hall–Kier alpha value is -1.15. The van der Waals surface area contributed by atoms with Gasteiger partial charge in [-0.1, -0.05) is 0 Å². The Bertz CT molecular complexity index is 561. The summed E-state index contributed by atoms with van der Waals surface area (Å²) >= 11 is 0. The lowest BCUT2D eigenvalue weighted by Crippen LogP contribution is -2.30. The highest BCUT2D eigenvalue weighted by Crippen LogP contribution is 2.16. The molecule has 0 saturated heterocycles. The van der Waals surface area contributed by atoms with Gasteiger partial charge in [0.2, 0.25) is 10.0 Å². The van der Waals surface area contributed by atoms with Crippen LogP contribution in [0, 0.1) is 6.92 Å². The number of likely N-dealkylation sites (N-methyl/N-ethyl adjacent to an activating group) is 1. The average Bonchev–Trinajstić information content (AvgIpc) is 2.38. The number of esters is 1. The van der Waals surface area contributed by atoms with Crippen molar-refractivity contribution in [2.75, 3.05) is 27.2 Å². The first-order valence-electron chi connectivity index (χ1n) is 5.75. The van der Waals surface area contributed by atoms with Crippen LogP contribution in [-0.4, -0.2) is 41.6 Å². The summed E-state index contributed by atoms with van der Waals surface area (Å²) in [4.78, 5) is 11.5. The quantitative estimate of drug-likeness (QED) is 0.595. The second kappa shape index (κ2) is 8.21. The molecule has 1 aromatic carbocycles. The first-order chi connectivity index (χ1) is 8.92. The van der Waals surface area contributed by atoms with Gasteiger partial charge in [-0.25, -0.2) is 17.9 Å². The molecule has 0 bridgehead atoms. The largest absolute Gasteiger partial charge is 0.465 e. The summed E-state index contributed by atoms with van der Waals surface area (Å²) in [7, 11) is -0.523. The Kier molecular flexibility index (Phi) is 7.74. The molecule has 8 heteroatoms. The first-order valence-corrected chi connectivity index (χ1v) is 7.24. The number of methoxy groups -OCH3 is 1. The molecule has 0 aliphatic heterocycles. The summed E-state index contributed by atoms with van der Waals surface area (Å²) < 4.78 is 31.0. The van der Waals surface area contributed by atoms with Gasteiger partial charge in [-0.2, -0.15) is 0 Å². The van der Waals surface area contributed by atoms with Crippen molar-refractivity contribution in [2.24, 2.45) is 0 Å². The molecule has 0 aliphatic carbocycles. The molecule has 1 aromatic rings. The van der Waals surface area contributed by atoms with Crippen LogP contribution in [0.3, 0.4) is 0 Å². The summed E-state index contributed by atoms with van der Waals surface area (Å²) in [5.41, 5.74) is 0.917. The molecular formula is C12H19ClN2O4S. The normalized spacial score (nSPS) is 10.8. The highest BCUT2D eigenvalue weighted by molar-refractivity contribution is 7.89. The van der Waals surface area contributed by atoms with Gasteiger partial charge in [0.15, 0.2) is 0 Å². The SMILES string of the molecule is CNCCNS(=O)(=O)c1ccc(C(=O)OC)c(C)c1.Cl. The lowest BCUT2D eigenvalue weighted by Gasteiger charge is -2.09. The van der Waals surface area contributed by atoms with E-state index in [1.165, 1.54) is 25.3 Å². The van der Waals surface area contributed by atoms with Gasteiger partial charge in [0.1, 0.15) is 0 Å². The van der Waals surface area contributed by atoms with E-state index < -0.39 is 16.0 Å². The molecule has 0 unspecified atom stereocenters. The lowest BCUT2D eigenvalue weighted by atomic mass is 10.1. The molecule has 0 aromatic heterocycles. The molecule has 20 heavy (non-hydrogen) atoms. The van der Waals surface area contributed by atoms with Crippen LogP contribution in [0.1, 0.15) is 15.9 Å². The van der Waals surface area contributed by atoms with Crippen LogP contribution in [0.15, 0.2) is 23.1 Å². The van der Waals surface area contributed by atoms with Crippen LogP contribution in [0.25, 0.3) is 0 Å². The van der Waals surface area contributed by atoms with Gasteiger partial charge in [-0.3, -0.25) is 0 Å². The van der Waals surface area contributed by atoms with E-state index >= 15 is 0 Å². The standard InChI is InChI=1S/C12H18N2O4S.ClH/c1-9-8-10(4-5-11(9)12(15)18-3)19(16,17)14-7-6-13-2;/h4-5,8,13-14H,6-7H2,1-3H3;1H. The third-order valence-corrected chi connectivity index (χ3v) is 4.04. The number of carbonyl (C=O) groups excluding carboxylic acids is 1. The minimum atomic E-state index is -3.55. The van der Waals surface area contributed by atoms with E-state index in [4.69, 9.17) is 0 Å². The first kappa shape index (κ1) is 18.9.